The fourth-order valence-corrected chi connectivity index (χ4v) is 3.30. The Kier molecular flexibility index (Phi) is 5.06. The van der Waals surface area contributed by atoms with E-state index in [-0.39, 0.29) is 5.91 Å². The number of hydrogen-bond acceptors (Lipinski definition) is 3. The predicted octanol–water partition coefficient (Wildman–Crippen LogP) is 4.46. The van der Waals surface area contributed by atoms with Crippen molar-refractivity contribution in [2.75, 3.05) is 6.54 Å². The van der Waals surface area contributed by atoms with Gasteiger partial charge in [0.15, 0.2) is 0 Å². The average molecular weight is 336 g/mol. The van der Waals surface area contributed by atoms with E-state index in [1.54, 1.807) is 11.3 Å². The van der Waals surface area contributed by atoms with Crippen LogP contribution in [0.1, 0.15) is 18.1 Å². The molecule has 2 aromatic carbocycles. The van der Waals surface area contributed by atoms with Crippen LogP contribution in [0.15, 0.2) is 53.9 Å². The number of benzene rings is 2. The van der Waals surface area contributed by atoms with E-state index in [1.165, 1.54) is 18.1 Å². The highest BCUT2D eigenvalue weighted by molar-refractivity contribution is 7.13. The first-order valence-corrected chi connectivity index (χ1v) is 8.86. The molecule has 1 N–H and O–H groups in total. The first kappa shape index (κ1) is 16.4. The second-order valence-electron chi connectivity index (χ2n) is 5.83. The zero-order chi connectivity index (χ0) is 16.9. The Morgan fingerprint density at radius 3 is 2.38 bits per heavy atom. The van der Waals surface area contributed by atoms with Crippen LogP contribution >= 0.6 is 11.3 Å². The van der Waals surface area contributed by atoms with Crippen LogP contribution in [0.2, 0.25) is 0 Å². The summed E-state index contributed by atoms with van der Waals surface area (Å²) in [6.45, 7) is 4.30. The molecule has 3 aromatic rings. The van der Waals surface area contributed by atoms with Crippen molar-refractivity contribution >= 4 is 17.2 Å². The van der Waals surface area contributed by atoms with Crippen LogP contribution in [-0.4, -0.2) is 17.4 Å². The fraction of sp³-hybridized carbons (Fsp3) is 0.200. The molecule has 0 aliphatic rings. The minimum absolute atomic E-state index is 0.0118. The lowest BCUT2D eigenvalue weighted by Crippen LogP contribution is -2.22. The third kappa shape index (κ3) is 4.09. The number of carbonyl (C=O) groups is 1. The van der Waals surface area contributed by atoms with Gasteiger partial charge < -0.3 is 5.32 Å². The van der Waals surface area contributed by atoms with Crippen molar-refractivity contribution in [3.05, 3.63) is 65.0 Å². The summed E-state index contributed by atoms with van der Waals surface area (Å²) in [5.74, 6) is 0.0118. The summed E-state index contributed by atoms with van der Waals surface area (Å²) in [6, 6.07) is 16.8. The molecule has 24 heavy (non-hydrogen) atoms. The molecule has 0 atom stereocenters. The number of thiazole rings is 1. The van der Waals surface area contributed by atoms with E-state index in [0.29, 0.717) is 6.54 Å². The number of nitrogens with one attached hydrogen (secondary N) is 1. The molecule has 0 spiro atoms. The molecule has 3 nitrogen and oxygen atoms in total. The molecule has 0 saturated carbocycles. The van der Waals surface area contributed by atoms with Gasteiger partial charge in [-0.05, 0) is 18.9 Å². The van der Waals surface area contributed by atoms with Crippen molar-refractivity contribution in [2.45, 2.75) is 20.3 Å². The van der Waals surface area contributed by atoms with Crippen molar-refractivity contribution in [1.82, 2.24) is 10.3 Å². The number of hydrogen-bond donors (Lipinski definition) is 1. The zero-order valence-corrected chi connectivity index (χ0v) is 14.7. The van der Waals surface area contributed by atoms with Crippen LogP contribution in [-0.2, 0) is 11.2 Å². The fourth-order valence-electron chi connectivity index (χ4n) is 2.46. The van der Waals surface area contributed by atoms with Gasteiger partial charge in [-0.15, -0.1) is 11.3 Å². The van der Waals surface area contributed by atoms with E-state index < -0.39 is 0 Å². The Morgan fingerprint density at radius 1 is 1.04 bits per heavy atom. The van der Waals surface area contributed by atoms with Crippen LogP contribution < -0.4 is 5.32 Å². The largest absolute Gasteiger partial charge is 0.356 e. The predicted molar refractivity (Wildman–Crippen MR) is 100 cm³/mol. The van der Waals surface area contributed by atoms with Gasteiger partial charge in [-0.3, -0.25) is 4.79 Å². The van der Waals surface area contributed by atoms with E-state index in [1.807, 2.05) is 0 Å². The molecule has 1 amide bonds. The standard InChI is InChI=1S/C20H20N2OS/c1-14-3-7-18(8-4-14)20-22-19(13-24-20)17-9-5-16(6-10-17)11-12-21-15(2)23/h3-10,13H,11-12H2,1-2H3,(H,21,23). The summed E-state index contributed by atoms with van der Waals surface area (Å²) in [5, 5.41) is 5.96. The maximum atomic E-state index is 10.9. The summed E-state index contributed by atoms with van der Waals surface area (Å²) in [5.41, 5.74) is 5.74. The average Bonchev–Trinajstić information content (AvgIpc) is 3.06. The van der Waals surface area contributed by atoms with Crippen molar-refractivity contribution in [3.63, 3.8) is 0 Å². The molecule has 0 aliphatic heterocycles. The lowest BCUT2D eigenvalue weighted by Gasteiger charge is -2.04. The SMILES string of the molecule is CC(=O)NCCc1ccc(-c2csc(-c3ccc(C)cc3)n2)cc1. The van der Waals surface area contributed by atoms with Crippen molar-refractivity contribution in [1.29, 1.82) is 0 Å². The van der Waals surface area contributed by atoms with Crippen LogP contribution in [0.25, 0.3) is 21.8 Å². The molecule has 122 valence electrons. The summed E-state index contributed by atoms with van der Waals surface area (Å²) in [4.78, 5) is 15.6. The third-order valence-electron chi connectivity index (χ3n) is 3.84. The lowest BCUT2D eigenvalue weighted by atomic mass is 10.1. The number of aromatic nitrogens is 1. The molecule has 3 rings (SSSR count). The maximum absolute atomic E-state index is 10.9. The molecular formula is C20H20N2OS. The van der Waals surface area contributed by atoms with Gasteiger partial charge in [-0.1, -0.05) is 54.1 Å². The van der Waals surface area contributed by atoms with Gasteiger partial charge in [-0.25, -0.2) is 4.98 Å². The molecule has 0 bridgehead atoms. The molecule has 0 radical (unpaired) electrons. The van der Waals surface area contributed by atoms with E-state index in [0.717, 1.165) is 28.2 Å². The minimum atomic E-state index is 0.0118. The highest BCUT2D eigenvalue weighted by Crippen LogP contribution is 2.29. The number of amides is 1. The molecule has 4 heteroatoms. The smallest absolute Gasteiger partial charge is 0.216 e. The Hall–Kier alpha value is -2.46. The van der Waals surface area contributed by atoms with Crippen molar-refractivity contribution < 1.29 is 4.79 Å². The number of nitrogens with zero attached hydrogens (tertiary/aromatic N) is 1. The number of carbonyl (C=O) groups excluding carboxylic acids is 1. The molecule has 0 fully saturated rings. The molecule has 1 heterocycles. The summed E-state index contributed by atoms with van der Waals surface area (Å²) in [7, 11) is 0. The second kappa shape index (κ2) is 7.41. The van der Waals surface area contributed by atoms with Crippen LogP contribution in [0.4, 0.5) is 0 Å². The van der Waals surface area contributed by atoms with E-state index in [4.69, 9.17) is 4.98 Å². The van der Waals surface area contributed by atoms with Crippen molar-refractivity contribution in [2.24, 2.45) is 0 Å². The molecule has 0 aliphatic carbocycles. The van der Waals surface area contributed by atoms with Gasteiger partial charge >= 0.3 is 0 Å². The van der Waals surface area contributed by atoms with Crippen LogP contribution in [0, 0.1) is 6.92 Å². The Labute approximate surface area is 146 Å². The Bertz CT molecular complexity index is 820. The van der Waals surface area contributed by atoms with Crippen LogP contribution in [0.5, 0.6) is 0 Å². The second-order valence-corrected chi connectivity index (χ2v) is 6.69. The molecule has 0 unspecified atom stereocenters. The zero-order valence-electron chi connectivity index (χ0n) is 13.9. The number of aryl methyl sites for hydroxylation is 1. The van der Waals surface area contributed by atoms with E-state index >= 15 is 0 Å². The highest BCUT2D eigenvalue weighted by Gasteiger charge is 2.06. The van der Waals surface area contributed by atoms with Gasteiger partial charge in [0.2, 0.25) is 5.91 Å². The molecule has 1 aromatic heterocycles. The first-order valence-electron chi connectivity index (χ1n) is 7.98. The third-order valence-corrected chi connectivity index (χ3v) is 4.73. The van der Waals surface area contributed by atoms with Gasteiger partial charge in [0, 0.05) is 30.0 Å². The van der Waals surface area contributed by atoms with Gasteiger partial charge in [0.25, 0.3) is 0 Å². The minimum Gasteiger partial charge on any atom is -0.356 e. The van der Waals surface area contributed by atoms with Gasteiger partial charge in [0.1, 0.15) is 5.01 Å². The van der Waals surface area contributed by atoms with Gasteiger partial charge in [0.05, 0.1) is 5.69 Å². The Balaban J connectivity index is 1.71. The van der Waals surface area contributed by atoms with Crippen molar-refractivity contribution in [3.8, 4) is 21.8 Å². The lowest BCUT2D eigenvalue weighted by molar-refractivity contribution is -0.118. The van der Waals surface area contributed by atoms with Crippen LogP contribution in [0.3, 0.4) is 0 Å². The van der Waals surface area contributed by atoms with Gasteiger partial charge in [-0.2, -0.15) is 0 Å². The number of rotatable bonds is 5. The molecule has 0 saturated heterocycles. The summed E-state index contributed by atoms with van der Waals surface area (Å²) >= 11 is 1.67. The quantitative estimate of drug-likeness (QED) is 0.747. The van der Waals surface area contributed by atoms with E-state index in [9.17, 15) is 4.79 Å². The highest BCUT2D eigenvalue weighted by atomic mass is 32.1. The summed E-state index contributed by atoms with van der Waals surface area (Å²) < 4.78 is 0. The summed E-state index contributed by atoms with van der Waals surface area (Å²) in [6.07, 6.45) is 0.839. The monoisotopic (exact) mass is 336 g/mol. The normalized spacial score (nSPS) is 10.6. The first-order chi connectivity index (χ1) is 11.6. The maximum Gasteiger partial charge on any atom is 0.216 e. The Morgan fingerprint density at radius 2 is 1.71 bits per heavy atom. The topological polar surface area (TPSA) is 42.0 Å². The molecular weight excluding hydrogens is 316 g/mol. The van der Waals surface area contributed by atoms with E-state index in [2.05, 4.69) is 66.2 Å².